The van der Waals surface area contributed by atoms with E-state index in [1.54, 1.807) is 29.2 Å². The number of rotatable bonds is 7. The molecule has 1 aliphatic heterocycles. The van der Waals surface area contributed by atoms with Crippen LogP contribution < -0.4 is 5.43 Å². The number of hydrogen-bond donors (Lipinski definition) is 0. The van der Waals surface area contributed by atoms with Crippen LogP contribution in [0.1, 0.15) is 51.9 Å². The second-order valence-corrected chi connectivity index (χ2v) is 7.86. The molecule has 0 spiro atoms. The van der Waals surface area contributed by atoms with Crippen LogP contribution in [0.5, 0.6) is 0 Å². The van der Waals surface area contributed by atoms with E-state index < -0.39 is 23.3 Å². The fourth-order valence-corrected chi connectivity index (χ4v) is 4.28. The van der Waals surface area contributed by atoms with Gasteiger partial charge in [-0.3, -0.25) is 9.59 Å². The molecule has 0 saturated heterocycles. The van der Waals surface area contributed by atoms with Crippen molar-refractivity contribution in [1.29, 1.82) is 0 Å². The summed E-state index contributed by atoms with van der Waals surface area (Å²) in [4.78, 5) is 42.4. The first-order chi connectivity index (χ1) is 15.9. The van der Waals surface area contributed by atoms with Crippen molar-refractivity contribution < 1.29 is 23.1 Å². The first-order valence-electron chi connectivity index (χ1n) is 10.9. The number of ether oxygens (including phenoxy) is 1. The normalized spacial score (nSPS) is 15.4. The van der Waals surface area contributed by atoms with Crippen LogP contribution in [0, 0.1) is 5.82 Å². The molecule has 3 aromatic rings. The number of benzene rings is 2. The minimum atomic E-state index is -0.710. The minimum absolute atomic E-state index is 0.0271. The fraction of sp³-hybridized carbons (Fsp3) is 0.320. The van der Waals surface area contributed by atoms with Crippen LogP contribution in [-0.2, 0) is 4.74 Å². The van der Waals surface area contributed by atoms with Crippen molar-refractivity contribution >= 4 is 22.8 Å². The van der Waals surface area contributed by atoms with Crippen LogP contribution in [-0.4, -0.2) is 55.0 Å². The average molecular weight is 452 g/mol. The molecule has 4 rings (SSSR count). The van der Waals surface area contributed by atoms with Gasteiger partial charge in [0.05, 0.1) is 29.7 Å². The predicted molar refractivity (Wildman–Crippen MR) is 121 cm³/mol. The number of amides is 1. The number of nitrogens with zero attached hydrogens (tertiary/aromatic N) is 2. The van der Waals surface area contributed by atoms with E-state index in [4.69, 9.17) is 9.15 Å². The van der Waals surface area contributed by atoms with E-state index in [2.05, 4.69) is 4.90 Å². The lowest BCUT2D eigenvalue weighted by Gasteiger charge is -2.28. The number of likely N-dealkylation sites (N-methyl/N-ethyl adjacent to an activating group) is 1. The first-order valence-corrected chi connectivity index (χ1v) is 10.9. The molecule has 1 unspecified atom stereocenters. The molecular weight excluding hydrogens is 427 g/mol. The topological polar surface area (TPSA) is 80.1 Å². The van der Waals surface area contributed by atoms with E-state index in [0.29, 0.717) is 24.2 Å². The van der Waals surface area contributed by atoms with E-state index in [1.165, 1.54) is 19.2 Å². The Kier molecular flexibility index (Phi) is 6.29. The summed E-state index contributed by atoms with van der Waals surface area (Å²) in [5.74, 6) is -1.46. The van der Waals surface area contributed by atoms with Crippen LogP contribution in [0.15, 0.2) is 51.7 Å². The lowest BCUT2D eigenvalue weighted by molar-refractivity contribution is 0.0599. The molecule has 8 heteroatoms. The highest BCUT2D eigenvalue weighted by Gasteiger charge is 2.42. The molecule has 33 heavy (non-hydrogen) atoms. The van der Waals surface area contributed by atoms with Gasteiger partial charge in [0.1, 0.15) is 11.4 Å². The van der Waals surface area contributed by atoms with Crippen molar-refractivity contribution in [3.8, 4) is 0 Å². The van der Waals surface area contributed by atoms with Crippen molar-refractivity contribution in [2.75, 3.05) is 33.3 Å². The van der Waals surface area contributed by atoms with Gasteiger partial charge in [-0.15, -0.1) is 0 Å². The van der Waals surface area contributed by atoms with E-state index in [-0.39, 0.29) is 28.2 Å². The Hall–Kier alpha value is -3.52. The smallest absolute Gasteiger partial charge is 0.337 e. The summed E-state index contributed by atoms with van der Waals surface area (Å²) in [6, 6.07) is 9.54. The molecule has 2 heterocycles. The zero-order valence-electron chi connectivity index (χ0n) is 18.8. The van der Waals surface area contributed by atoms with Crippen molar-refractivity contribution in [2.45, 2.75) is 19.9 Å². The summed E-state index contributed by atoms with van der Waals surface area (Å²) in [6.07, 6.45) is 0. The van der Waals surface area contributed by atoms with Crippen LogP contribution in [0.4, 0.5) is 4.39 Å². The van der Waals surface area contributed by atoms with Gasteiger partial charge in [0.25, 0.3) is 5.91 Å². The van der Waals surface area contributed by atoms with Gasteiger partial charge in [0, 0.05) is 13.1 Å². The van der Waals surface area contributed by atoms with Gasteiger partial charge < -0.3 is 19.0 Å². The lowest BCUT2D eigenvalue weighted by atomic mass is 9.97. The third-order valence-electron chi connectivity index (χ3n) is 6.13. The molecule has 1 atom stereocenters. The molecule has 1 amide bonds. The third kappa shape index (κ3) is 4.02. The fourth-order valence-electron chi connectivity index (χ4n) is 4.28. The maximum absolute atomic E-state index is 13.9. The third-order valence-corrected chi connectivity index (χ3v) is 6.13. The monoisotopic (exact) mass is 452 g/mol. The summed E-state index contributed by atoms with van der Waals surface area (Å²) in [5, 5.41) is 0.0864. The number of halogens is 1. The summed E-state index contributed by atoms with van der Waals surface area (Å²) < 4.78 is 24.5. The predicted octanol–water partition coefficient (Wildman–Crippen LogP) is 3.61. The number of methoxy groups -OCH3 is 1. The number of fused-ring (bicyclic) bond motifs is 2. The van der Waals surface area contributed by atoms with E-state index >= 15 is 0 Å². The Morgan fingerprint density at radius 1 is 1.12 bits per heavy atom. The van der Waals surface area contributed by atoms with Crippen LogP contribution in [0.25, 0.3) is 11.0 Å². The molecule has 0 N–H and O–H groups in total. The Morgan fingerprint density at radius 3 is 2.45 bits per heavy atom. The molecule has 0 aliphatic carbocycles. The van der Waals surface area contributed by atoms with Crippen molar-refractivity contribution in [2.24, 2.45) is 0 Å². The first kappa shape index (κ1) is 22.7. The Balaban J connectivity index is 1.85. The summed E-state index contributed by atoms with van der Waals surface area (Å²) >= 11 is 0. The Labute approximate surface area is 190 Å². The maximum atomic E-state index is 13.9. The van der Waals surface area contributed by atoms with Gasteiger partial charge >= 0.3 is 5.97 Å². The molecule has 7 nitrogen and oxygen atoms in total. The molecule has 0 fully saturated rings. The minimum Gasteiger partial charge on any atom is -0.465 e. The van der Waals surface area contributed by atoms with E-state index in [0.717, 1.165) is 19.2 Å². The molecule has 0 radical (unpaired) electrons. The van der Waals surface area contributed by atoms with Gasteiger partial charge in [-0.25, -0.2) is 9.18 Å². The van der Waals surface area contributed by atoms with Gasteiger partial charge in [0.2, 0.25) is 5.76 Å². The van der Waals surface area contributed by atoms with Gasteiger partial charge in [-0.2, -0.15) is 0 Å². The molecule has 0 bridgehead atoms. The van der Waals surface area contributed by atoms with Gasteiger partial charge in [0.15, 0.2) is 5.43 Å². The van der Waals surface area contributed by atoms with Crippen LogP contribution in [0.3, 0.4) is 0 Å². The molecule has 0 saturated carbocycles. The Morgan fingerprint density at radius 2 is 1.82 bits per heavy atom. The van der Waals surface area contributed by atoms with Crippen LogP contribution in [0.2, 0.25) is 0 Å². The summed E-state index contributed by atoms with van der Waals surface area (Å²) in [5.41, 5.74) is 0.916. The number of carbonyl (C=O) groups is 2. The number of carbonyl (C=O) groups excluding carboxylic acids is 2. The average Bonchev–Trinajstić information content (AvgIpc) is 3.11. The zero-order chi connectivity index (χ0) is 23.7. The quantitative estimate of drug-likeness (QED) is 0.510. The van der Waals surface area contributed by atoms with Crippen molar-refractivity contribution in [3.05, 3.63) is 81.0 Å². The highest BCUT2D eigenvalue weighted by atomic mass is 19.1. The molecule has 172 valence electrons. The van der Waals surface area contributed by atoms with Crippen LogP contribution >= 0.6 is 0 Å². The number of esters is 1. The van der Waals surface area contributed by atoms with Gasteiger partial charge in [-0.05, 0) is 49.0 Å². The standard InChI is InChI=1S/C25H25FN2O5/c1-4-27(5-2)12-13-28-21(15-6-8-16(9-7-15)25(31)32-3)20-22(29)18-14-17(26)10-11-19(18)33-23(20)24(28)30/h6-11,14,21H,4-5,12-13H2,1-3H3. The lowest BCUT2D eigenvalue weighted by Crippen LogP contribution is -2.37. The van der Waals surface area contributed by atoms with E-state index in [9.17, 15) is 18.8 Å². The SMILES string of the molecule is CCN(CC)CCN1C(=O)c2oc3ccc(F)cc3c(=O)c2C1c1ccc(C(=O)OC)cc1. The van der Waals surface area contributed by atoms with Crippen molar-refractivity contribution in [3.63, 3.8) is 0 Å². The molecular formula is C25H25FN2O5. The van der Waals surface area contributed by atoms with Crippen molar-refractivity contribution in [1.82, 2.24) is 9.80 Å². The number of hydrogen-bond acceptors (Lipinski definition) is 6. The second kappa shape index (κ2) is 9.15. The summed E-state index contributed by atoms with van der Waals surface area (Å²) in [6.45, 7) is 6.72. The largest absolute Gasteiger partial charge is 0.465 e. The Bertz CT molecular complexity index is 1260. The zero-order valence-corrected chi connectivity index (χ0v) is 18.8. The summed E-state index contributed by atoms with van der Waals surface area (Å²) in [7, 11) is 1.30. The highest BCUT2D eigenvalue weighted by molar-refractivity contribution is 5.99. The molecule has 2 aromatic carbocycles. The second-order valence-electron chi connectivity index (χ2n) is 7.86. The van der Waals surface area contributed by atoms with E-state index in [1.807, 2.05) is 13.8 Å². The maximum Gasteiger partial charge on any atom is 0.337 e. The molecule has 1 aromatic heterocycles. The molecule has 1 aliphatic rings. The van der Waals surface area contributed by atoms with Gasteiger partial charge in [-0.1, -0.05) is 26.0 Å². The highest BCUT2D eigenvalue weighted by Crippen LogP contribution is 2.38.